The van der Waals surface area contributed by atoms with Gasteiger partial charge in [0, 0.05) is 5.38 Å². The van der Waals surface area contributed by atoms with Crippen molar-refractivity contribution in [3.8, 4) is 0 Å². The molecule has 2 rings (SSSR count). The second kappa shape index (κ2) is 4.73. The Morgan fingerprint density at radius 2 is 2.25 bits per heavy atom. The number of hydrogen-bond donors (Lipinski definition) is 2. The molecule has 0 atom stereocenters. The number of thioether (sulfide) groups is 1. The summed E-state index contributed by atoms with van der Waals surface area (Å²) >= 11 is 3.15. The lowest BCUT2D eigenvalue weighted by Gasteiger charge is -2.29. The van der Waals surface area contributed by atoms with Crippen molar-refractivity contribution in [2.75, 3.05) is 16.8 Å². The molecule has 1 aromatic rings. The number of nitrogens with zero attached hydrogens (tertiary/aromatic N) is 1. The second-order valence-electron chi connectivity index (χ2n) is 3.89. The first-order valence-corrected chi connectivity index (χ1v) is 7.17. The van der Waals surface area contributed by atoms with Crippen LogP contribution >= 0.6 is 23.1 Å². The van der Waals surface area contributed by atoms with E-state index in [4.69, 9.17) is 0 Å². The lowest BCUT2D eigenvalue weighted by atomic mass is 9.96. The third-order valence-corrected chi connectivity index (χ3v) is 4.44. The van der Waals surface area contributed by atoms with Crippen molar-refractivity contribution in [3.05, 3.63) is 11.1 Å². The minimum atomic E-state index is -1.20. The zero-order valence-corrected chi connectivity index (χ0v) is 10.7. The van der Waals surface area contributed by atoms with Gasteiger partial charge in [-0.05, 0) is 31.3 Å². The SMILES string of the molecule is Cc1csc(NC(=O)C2(O)CCSCC2)n1. The number of anilines is 1. The molecule has 0 aliphatic carbocycles. The predicted octanol–water partition coefficient (Wildman–Crippen LogP) is 1.65. The summed E-state index contributed by atoms with van der Waals surface area (Å²) in [6.07, 6.45) is 1.04. The maximum absolute atomic E-state index is 11.9. The van der Waals surface area contributed by atoms with E-state index in [9.17, 15) is 9.90 Å². The van der Waals surface area contributed by atoms with E-state index in [-0.39, 0.29) is 5.91 Å². The summed E-state index contributed by atoms with van der Waals surface area (Å²) in [5, 5.41) is 15.3. The van der Waals surface area contributed by atoms with Gasteiger partial charge in [-0.3, -0.25) is 10.1 Å². The maximum Gasteiger partial charge on any atom is 0.258 e. The van der Waals surface area contributed by atoms with E-state index in [0.717, 1.165) is 17.2 Å². The normalized spacial score (nSPS) is 19.4. The first-order chi connectivity index (χ1) is 7.60. The summed E-state index contributed by atoms with van der Waals surface area (Å²) in [4.78, 5) is 16.0. The molecule has 0 aromatic carbocycles. The molecule has 2 heterocycles. The minimum absolute atomic E-state index is 0.317. The molecule has 0 saturated carbocycles. The highest BCUT2D eigenvalue weighted by molar-refractivity contribution is 7.99. The Bertz CT molecular complexity index is 386. The van der Waals surface area contributed by atoms with E-state index < -0.39 is 5.60 Å². The van der Waals surface area contributed by atoms with Gasteiger partial charge < -0.3 is 5.11 Å². The van der Waals surface area contributed by atoms with Crippen LogP contribution in [0.3, 0.4) is 0 Å². The standard InChI is InChI=1S/C10H14N2O2S2/c1-7-6-16-9(11-7)12-8(13)10(14)2-4-15-5-3-10/h6,14H,2-5H2,1H3,(H,11,12,13). The van der Waals surface area contributed by atoms with Crippen molar-refractivity contribution in [3.63, 3.8) is 0 Å². The van der Waals surface area contributed by atoms with Gasteiger partial charge >= 0.3 is 0 Å². The molecule has 4 nitrogen and oxygen atoms in total. The first kappa shape index (κ1) is 11.9. The molecular weight excluding hydrogens is 244 g/mol. The quantitative estimate of drug-likeness (QED) is 0.846. The Balaban J connectivity index is 2.01. The Morgan fingerprint density at radius 3 is 2.81 bits per heavy atom. The van der Waals surface area contributed by atoms with Gasteiger partial charge in [0.2, 0.25) is 0 Å². The van der Waals surface area contributed by atoms with E-state index in [1.54, 1.807) is 11.8 Å². The number of carbonyl (C=O) groups excluding carboxylic acids is 1. The summed E-state index contributed by atoms with van der Waals surface area (Å²) in [5.41, 5.74) is -0.323. The summed E-state index contributed by atoms with van der Waals surface area (Å²) in [5.74, 6) is 1.35. The fourth-order valence-electron chi connectivity index (χ4n) is 1.56. The van der Waals surface area contributed by atoms with Crippen molar-refractivity contribution in [1.29, 1.82) is 0 Å². The fourth-order valence-corrected chi connectivity index (χ4v) is 3.41. The number of thiazole rings is 1. The summed E-state index contributed by atoms with van der Waals surface area (Å²) in [6.45, 7) is 1.87. The summed E-state index contributed by atoms with van der Waals surface area (Å²) in [6, 6.07) is 0. The zero-order valence-electron chi connectivity index (χ0n) is 9.02. The molecule has 0 unspecified atom stereocenters. The Labute approximate surface area is 102 Å². The Morgan fingerprint density at radius 1 is 1.56 bits per heavy atom. The third kappa shape index (κ3) is 2.56. The molecule has 1 aromatic heterocycles. The number of hydrogen-bond acceptors (Lipinski definition) is 5. The van der Waals surface area contributed by atoms with Crippen molar-refractivity contribution in [2.45, 2.75) is 25.4 Å². The average molecular weight is 258 g/mol. The summed E-state index contributed by atoms with van der Waals surface area (Å²) < 4.78 is 0. The molecule has 1 amide bonds. The fraction of sp³-hybridized carbons (Fsp3) is 0.600. The van der Waals surface area contributed by atoms with Crippen LogP contribution in [0.5, 0.6) is 0 Å². The van der Waals surface area contributed by atoms with Gasteiger partial charge in [-0.15, -0.1) is 11.3 Å². The number of nitrogens with one attached hydrogen (secondary N) is 1. The van der Waals surface area contributed by atoms with Gasteiger partial charge in [-0.1, -0.05) is 0 Å². The van der Waals surface area contributed by atoms with Gasteiger partial charge in [-0.2, -0.15) is 11.8 Å². The van der Waals surface area contributed by atoms with Crippen molar-refractivity contribution in [2.24, 2.45) is 0 Å². The van der Waals surface area contributed by atoms with Gasteiger partial charge in [0.05, 0.1) is 5.69 Å². The molecule has 6 heteroatoms. The molecule has 16 heavy (non-hydrogen) atoms. The smallest absolute Gasteiger partial charge is 0.258 e. The molecule has 1 aliphatic heterocycles. The largest absolute Gasteiger partial charge is 0.380 e. The monoisotopic (exact) mass is 258 g/mol. The van der Waals surface area contributed by atoms with Crippen molar-refractivity contribution in [1.82, 2.24) is 4.98 Å². The van der Waals surface area contributed by atoms with E-state index in [1.165, 1.54) is 11.3 Å². The number of aryl methyl sites for hydroxylation is 1. The maximum atomic E-state index is 11.9. The number of aromatic nitrogens is 1. The molecule has 0 bridgehead atoms. The Kier molecular flexibility index (Phi) is 3.51. The number of carbonyl (C=O) groups is 1. The predicted molar refractivity (Wildman–Crippen MR) is 67.0 cm³/mol. The highest BCUT2D eigenvalue weighted by atomic mass is 32.2. The highest BCUT2D eigenvalue weighted by Crippen LogP contribution is 2.28. The molecule has 2 N–H and O–H groups in total. The van der Waals surface area contributed by atoms with E-state index >= 15 is 0 Å². The van der Waals surface area contributed by atoms with E-state index in [2.05, 4.69) is 10.3 Å². The number of rotatable bonds is 2. The van der Waals surface area contributed by atoms with Crippen LogP contribution in [-0.4, -0.2) is 33.1 Å². The van der Waals surface area contributed by atoms with Crippen LogP contribution in [0.2, 0.25) is 0 Å². The van der Waals surface area contributed by atoms with Gasteiger partial charge in [0.25, 0.3) is 5.91 Å². The van der Waals surface area contributed by atoms with Crippen LogP contribution in [-0.2, 0) is 4.79 Å². The minimum Gasteiger partial charge on any atom is -0.380 e. The molecule has 0 spiro atoms. The highest BCUT2D eigenvalue weighted by Gasteiger charge is 2.37. The van der Waals surface area contributed by atoms with Crippen LogP contribution in [0.25, 0.3) is 0 Å². The van der Waals surface area contributed by atoms with Crippen LogP contribution < -0.4 is 5.32 Å². The van der Waals surface area contributed by atoms with Gasteiger partial charge in [0.15, 0.2) is 5.13 Å². The number of amides is 1. The molecule has 88 valence electrons. The van der Waals surface area contributed by atoms with Crippen LogP contribution in [0.4, 0.5) is 5.13 Å². The van der Waals surface area contributed by atoms with Crippen LogP contribution in [0.15, 0.2) is 5.38 Å². The lowest BCUT2D eigenvalue weighted by molar-refractivity contribution is -0.134. The topological polar surface area (TPSA) is 62.2 Å². The zero-order chi connectivity index (χ0) is 11.6. The van der Waals surface area contributed by atoms with Crippen LogP contribution in [0.1, 0.15) is 18.5 Å². The first-order valence-electron chi connectivity index (χ1n) is 5.14. The summed E-state index contributed by atoms with van der Waals surface area (Å²) in [7, 11) is 0. The molecular formula is C10H14N2O2S2. The van der Waals surface area contributed by atoms with E-state index in [0.29, 0.717) is 18.0 Å². The molecule has 1 fully saturated rings. The van der Waals surface area contributed by atoms with E-state index in [1.807, 2.05) is 12.3 Å². The average Bonchev–Trinajstić information content (AvgIpc) is 2.65. The molecule has 1 aliphatic rings. The van der Waals surface area contributed by atoms with Gasteiger partial charge in [-0.25, -0.2) is 4.98 Å². The number of aliphatic hydroxyl groups is 1. The van der Waals surface area contributed by atoms with Crippen LogP contribution in [0, 0.1) is 6.92 Å². The molecule has 1 saturated heterocycles. The Hall–Kier alpha value is -0.590. The second-order valence-corrected chi connectivity index (χ2v) is 5.97. The van der Waals surface area contributed by atoms with Crippen molar-refractivity contribution >= 4 is 34.1 Å². The molecule has 0 radical (unpaired) electrons. The lowest BCUT2D eigenvalue weighted by Crippen LogP contribution is -2.45. The van der Waals surface area contributed by atoms with Gasteiger partial charge in [0.1, 0.15) is 5.60 Å². The third-order valence-electron chi connectivity index (χ3n) is 2.58. The van der Waals surface area contributed by atoms with Crippen molar-refractivity contribution < 1.29 is 9.90 Å².